The van der Waals surface area contributed by atoms with Crippen LogP contribution in [-0.4, -0.2) is 37.2 Å². The van der Waals surface area contributed by atoms with Crippen molar-refractivity contribution in [2.24, 2.45) is 0 Å². The van der Waals surface area contributed by atoms with Crippen LogP contribution in [0, 0.1) is 0 Å². The van der Waals surface area contributed by atoms with Crippen LogP contribution in [0.5, 0.6) is 17.2 Å². The second-order valence-corrected chi connectivity index (χ2v) is 5.44. The van der Waals surface area contributed by atoms with E-state index in [1.807, 2.05) is 0 Å². The second-order valence-electron chi connectivity index (χ2n) is 5.44. The Kier molecular flexibility index (Phi) is 6.38. The molecule has 0 heterocycles. The van der Waals surface area contributed by atoms with Gasteiger partial charge in [-0.05, 0) is 55.0 Å². The lowest BCUT2D eigenvalue weighted by Gasteiger charge is -2.11. The number of esters is 1. The van der Waals surface area contributed by atoms with Crippen LogP contribution >= 0.6 is 0 Å². The number of benzene rings is 2. The van der Waals surface area contributed by atoms with Gasteiger partial charge in [0.25, 0.3) is 0 Å². The van der Waals surface area contributed by atoms with Crippen LogP contribution in [0.4, 0.5) is 0 Å². The molecule has 2 aromatic carbocycles. The van der Waals surface area contributed by atoms with E-state index >= 15 is 0 Å². The van der Waals surface area contributed by atoms with E-state index in [0.29, 0.717) is 22.6 Å². The monoisotopic (exact) mass is 356 g/mol. The van der Waals surface area contributed by atoms with E-state index in [4.69, 9.17) is 14.2 Å². The molecule has 0 spiro atoms. The Hall–Kier alpha value is -3.28. The molecule has 0 saturated carbocycles. The van der Waals surface area contributed by atoms with E-state index < -0.39 is 12.1 Å². The van der Waals surface area contributed by atoms with Crippen LogP contribution in [0.1, 0.15) is 22.8 Å². The van der Waals surface area contributed by atoms with Gasteiger partial charge in [-0.1, -0.05) is 6.07 Å². The van der Waals surface area contributed by atoms with Gasteiger partial charge in [0.1, 0.15) is 5.75 Å². The average molecular weight is 356 g/mol. The smallest absolute Gasteiger partial charge is 0.331 e. The quantitative estimate of drug-likeness (QED) is 0.466. The third-order valence-corrected chi connectivity index (χ3v) is 3.65. The predicted molar refractivity (Wildman–Crippen MR) is 96.6 cm³/mol. The normalized spacial score (nSPS) is 11.8. The Balaban J connectivity index is 1.98. The van der Waals surface area contributed by atoms with E-state index in [2.05, 4.69) is 0 Å². The number of phenolic OH excluding ortho intramolecular Hbond substituents is 1. The largest absolute Gasteiger partial charge is 0.504 e. The first kappa shape index (κ1) is 19.1. The summed E-state index contributed by atoms with van der Waals surface area (Å²) >= 11 is 0. The number of ketones is 1. The standard InChI is InChI=1S/C20H20O6/c1-13(20(23)15-6-8-16(24-2)9-7-15)26-19(22)11-5-14-4-10-17(21)18(12-14)25-3/h4-13,21H,1-3H3/b11-5+/t13-/m0/s1. The summed E-state index contributed by atoms with van der Waals surface area (Å²) in [6.07, 6.45) is 1.80. The summed E-state index contributed by atoms with van der Waals surface area (Å²) in [6, 6.07) is 11.2. The highest BCUT2D eigenvalue weighted by atomic mass is 16.5. The maximum absolute atomic E-state index is 12.3. The lowest BCUT2D eigenvalue weighted by molar-refractivity contribution is -0.140. The zero-order valence-electron chi connectivity index (χ0n) is 14.8. The molecule has 1 N–H and O–H groups in total. The molecule has 0 aliphatic heterocycles. The Morgan fingerprint density at radius 1 is 1.04 bits per heavy atom. The fraction of sp³-hybridized carbons (Fsp3) is 0.200. The van der Waals surface area contributed by atoms with Gasteiger partial charge >= 0.3 is 5.97 Å². The summed E-state index contributed by atoms with van der Waals surface area (Å²) < 4.78 is 15.2. The summed E-state index contributed by atoms with van der Waals surface area (Å²) in [7, 11) is 2.97. The van der Waals surface area contributed by atoms with E-state index in [0.717, 1.165) is 0 Å². The summed E-state index contributed by atoms with van der Waals surface area (Å²) in [6.45, 7) is 1.52. The molecule has 0 unspecified atom stereocenters. The minimum Gasteiger partial charge on any atom is -0.504 e. The Bertz CT molecular complexity index is 808. The maximum atomic E-state index is 12.3. The third-order valence-electron chi connectivity index (χ3n) is 3.65. The average Bonchev–Trinajstić information content (AvgIpc) is 2.66. The highest BCUT2D eigenvalue weighted by Gasteiger charge is 2.18. The van der Waals surface area contributed by atoms with E-state index in [9.17, 15) is 14.7 Å². The van der Waals surface area contributed by atoms with Gasteiger partial charge in [0, 0.05) is 11.6 Å². The van der Waals surface area contributed by atoms with Crippen LogP contribution in [0.3, 0.4) is 0 Å². The number of phenols is 1. The first-order valence-electron chi connectivity index (χ1n) is 7.88. The fourth-order valence-electron chi connectivity index (χ4n) is 2.22. The van der Waals surface area contributed by atoms with Crippen LogP contribution in [0.15, 0.2) is 48.5 Å². The number of ether oxygens (including phenoxy) is 3. The van der Waals surface area contributed by atoms with Crippen LogP contribution in [0.25, 0.3) is 6.08 Å². The van der Waals surface area contributed by atoms with Gasteiger partial charge in [0.15, 0.2) is 17.6 Å². The first-order valence-corrected chi connectivity index (χ1v) is 7.88. The fourth-order valence-corrected chi connectivity index (χ4v) is 2.22. The summed E-state index contributed by atoms with van der Waals surface area (Å²) in [5.74, 6) is -0.0138. The van der Waals surface area contributed by atoms with Gasteiger partial charge in [0.05, 0.1) is 14.2 Å². The molecule has 2 aromatic rings. The maximum Gasteiger partial charge on any atom is 0.331 e. The highest BCUT2D eigenvalue weighted by molar-refractivity contribution is 6.01. The number of methoxy groups -OCH3 is 2. The number of hydrogen-bond acceptors (Lipinski definition) is 6. The zero-order valence-corrected chi connectivity index (χ0v) is 14.8. The van der Waals surface area contributed by atoms with E-state index in [1.54, 1.807) is 36.4 Å². The molecule has 0 amide bonds. The van der Waals surface area contributed by atoms with Gasteiger partial charge in [0.2, 0.25) is 5.78 Å². The summed E-state index contributed by atoms with van der Waals surface area (Å²) in [5.41, 5.74) is 1.07. The minimum atomic E-state index is -0.921. The lowest BCUT2D eigenvalue weighted by atomic mass is 10.1. The number of hydrogen-bond donors (Lipinski definition) is 1. The Morgan fingerprint density at radius 2 is 1.73 bits per heavy atom. The van der Waals surface area contributed by atoms with Crippen molar-refractivity contribution in [2.45, 2.75) is 13.0 Å². The van der Waals surface area contributed by atoms with Crippen LogP contribution in [-0.2, 0) is 9.53 Å². The van der Waals surface area contributed by atoms with Crippen molar-refractivity contribution in [3.8, 4) is 17.2 Å². The molecule has 0 aliphatic carbocycles. The molecule has 1 atom stereocenters. The molecule has 2 rings (SSSR count). The van der Waals surface area contributed by atoms with E-state index in [-0.39, 0.29) is 11.5 Å². The highest BCUT2D eigenvalue weighted by Crippen LogP contribution is 2.26. The van der Waals surface area contributed by atoms with Crippen molar-refractivity contribution in [2.75, 3.05) is 14.2 Å². The predicted octanol–water partition coefficient (Wildman–Crippen LogP) is 3.24. The molecule has 136 valence electrons. The molecule has 0 fully saturated rings. The molecular formula is C20H20O6. The van der Waals surface area contributed by atoms with Crippen molar-refractivity contribution in [3.63, 3.8) is 0 Å². The summed E-state index contributed by atoms with van der Waals surface area (Å²) in [5, 5.41) is 9.55. The van der Waals surface area contributed by atoms with Crippen LogP contribution < -0.4 is 9.47 Å². The van der Waals surface area contributed by atoms with Crippen molar-refractivity contribution >= 4 is 17.8 Å². The van der Waals surface area contributed by atoms with Crippen molar-refractivity contribution in [1.29, 1.82) is 0 Å². The number of carbonyl (C=O) groups excluding carboxylic acids is 2. The van der Waals surface area contributed by atoms with Gasteiger partial charge in [-0.2, -0.15) is 0 Å². The number of rotatable bonds is 7. The van der Waals surface area contributed by atoms with Gasteiger partial charge in [-0.25, -0.2) is 4.79 Å². The number of Topliss-reactive ketones (excluding diaryl/α,β-unsaturated/α-hetero) is 1. The topological polar surface area (TPSA) is 82.1 Å². The zero-order chi connectivity index (χ0) is 19.1. The third kappa shape index (κ3) is 4.86. The lowest BCUT2D eigenvalue weighted by Crippen LogP contribution is -2.23. The van der Waals surface area contributed by atoms with E-state index in [1.165, 1.54) is 39.4 Å². The first-order chi connectivity index (χ1) is 12.4. The molecule has 6 heteroatoms. The molecule has 0 aliphatic rings. The molecular weight excluding hydrogens is 336 g/mol. The molecule has 0 bridgehead atoms. The molecule has 6 nitrogen and oxygen atoms in total. The molecule has 0 radical (unpaired) electrons. The summed E-state index contributed by atoms with van der Waals surface area (Å²) in [4.78, 5) is 24.2. The number of aromatic hydroxyl groups is 1. The second kappa shape index (κ2) is 8.71. The molecule has 0 aromatic heterocycles. The van der Waals surface area contributed by atoms with Gasteiger partial charge in [-0.3, -0.25) is 4.79 Å². The molecule has 0 saturated heterocycles. The minimum absolute atomic E-state index is 0.00550. The van der Waals surface area contributed by atoms with Crippen LogP contribution in [0.2, 0.25) is 0 Å². The van der Waals surface area contributed by atoms with Crippen molar-refractivity contribution in [3.05, 3.63) is 59.7 Å². The SMILES string of the molecule is COc1ccc(C(=O)[C@H](C)OC(=O)/C=C/c2ccc(O)c(OC)c2)cc1. The number of carbonyl (C=O) groups is 2. The van der Waals surface area contributed by atoms with Crippen molar-refractivity contribution < 1.29 is 28.9 Å². The Morgan fingerprint density at radius 3 is 2.35 bits per heavy atom. The van der Waals surface area contributed by atoms with Gasteiger partial charge in [-0.15, -0.1) is 0 Å². The Labute approximate surface area is 151 Å². The molecule has 26 heavy (non-hydrogen) atoms. The van der Waals surface area contributed by atoms with Gasteiger partial charge < -0.3 is 19.3 Å². The van der Waals surface area contributed by atoms with Crippen molar-refractivity contribution in [1.82, 2.24) is 0 Å².